The molecule has 37 heavy (non-hydrogen) atoms. The van der Waals surface area contributed by atoms with E-state index in [9.17, 15) is 18.3 Å². The highest BCUT2D eigenvalue weighted by atomic mass is 32.1. The first-order chi connectivity index (χ1) is 17.7. The molecular weight excluding hydrogens is 503 g/mol. The summed E-state index contributed by atoms with van der Waals surface area (Å²) in [6.07, 6.45) is 0.765. The fourth-order valence-corrected chi connectivity index (χ4v) is 5.16. The maximum absolute atomic E-state index is 10.6. The van der Waals surface area contributed by atoms with E-state index in [2.05, 4.69) is 45.5 Å². The molecule has 0 amide bonds. The Labute approximate surface area is 216 Å². The molecule has 5 rings (SSSR count). The predicted molar refractivity (Wildman–Crippen MR) is 139 cm³/mol. The number of phenols is 1. The first-order valence-electron chi connectivity index (χ1n) is 11.8. The van der Waals surface area contributed by atoms with Crippen LogP contribution in [0.1, 0.15) is 24.8 Å². The van der Waals surface area contributed by atoms with E-state index in [0.717, 1.165) is 28.1 Å². The zero-order valence-corrected chi connectivity index (χ0v) is 20.6. The lowest BCUT2D eigenvalue weighted by molar-refractivity contribution is -0.192. The third kappa shape index (κ3) is 7.21. The van der Waals surface area contributed by atoms with E-state index >= 15 is 0 Å². The number of nitrogens with zero attached hydrogens (tertiary/aromatic N) is 2. The van der Waals surface area contributed by atoms with Crippen molar-refractivity contribution in [3.63, 3.8) is 0 Å². The van der Waals surface area contributed by atoms with Crippen LogP contribution in [0.5, 0.6) is 5.75 Å². The van der Waals surface area contributed by atoms with Gasteiger partial charge < -0.3 is 15.5 Å². The van der Waals surface area contributed by atoms with Crippen LogP contribution in [0, 0.1) is 0 Å². The van der Waals surface area contributed by atoms with Gasteiger partial charge in [-0.25, -0.2) is 4.79 Å². The van der Waals surface area contributed by atoms with Gasteiger partial charge in [0.1, 0.15) is 5.75 Å². The van der Waals surface area contributed by atoms with Crippen molar-refractivity contribution < 1.29 is 28.2 Å². The number of aromatic nitrogens is 1. The summed E-state index contributed by atoms with van der Waals surface area (Å²) in [5.41, 5.74) is 5.45. The van der Waals surface area contributed by atoms with Crippen LogP contribution in [-0.4, -0.2) is 45.3 Å². The van der Waals surface area contributed by atoms with Crippen LogP contribution in [0.25, 0.3) is 20.7 Å². The maximum atomic E-state index is 10.6. The number of nitrogens with one attached hydrogen (secondary N) is 1. The van der Waals surface area contributed by atoms with Crippen molar-refractivity contribution in [2.45, 2.75) is 32.0 Å². The number of anilines is 2. The van der Waals surface area contributed by atoms with Crippen LogP contribution >= 0.6 is 11.3 Å². The molecular formula is C27H26F3N3O3S. The maximum Gasteiger partial charge on any atom is 0.490 e. The summed E-state index contributed by atoms with van der Waals surface area (Å²) >= 11 is 1.74. The molecule has 0 spiro atoms. The topological polar surface area (TPSA) is 85.7 Å². The lowest BCUT2D eigenvalue weighted by Gasteiger charge is -2.26. The molecule has 0 unspecified atom stereocenters. The Morgan fingerprint density at radius 1 is 1.03 bits per heavy atom. The number of aromatic hydroxyl groups is 1. The first-order valence-corrected chi connectivity index (χ1v) is 12.6. The minimum Gasteiger partial charge on any atom is -0.508 e. The molecule has 3 N–H and O–H groups in total. The number of aliphatic carboxylic acids is 1. The Balaban J connectivity index is 0.000000405. The number of carboxylic acid groups (broad SMARTS) is 1. The van der Waals surface area contributed by atoms with Crippen LogP contribution in [0.3, 0.4) is 0 Å². The van der Waals surface area contributed by atoms with Crippen molar-refractivity contribution in [2.75, 3.05) is 18.4 Å². The zero-order valence-electron chi connectivity index (χ0n) is 19.8. The molecule has 0 bridgehead atoms. The molecule has 1 aliphatic heterocycles. The summed E-state index contributed by atoms with van der Waals surface area (Å²) in [5.74, 6) is -2.51. The number of benzene rings is 2. The second-order valence-corrected chi connectivity index (χ2v) is 9.75. The lowest BCUT2D eigenvalue weighted by atomic mass is 10.1. The molecule has 1 fully saturated rings. The standard InChI is InChI=1S/C25H25N3OS.C2HF3O2/c29-21-6-4-5-20(15-21)27-22-11-12-26-23-16-24(30-25(22)23)19-9-7-18(8-10-19)17-28-13-2-1-3-14-28;3-2(4,5)1(6)7/h4-12,15-16,29H,1-3,13-14,17H2,(H,26,27);(H,6,7). The predicted octanol–water partition coefficient (Wildman–Crippen LogP) is 7.03. The molecule has 10 heteroatoms. The molecule has 2 aromatic heterocycles. The Hall–Kier alpha value is -3.63. The number of pyridine rings is 1. The number of rotatable bonds is 5. The van der Waals surface area contributed by atoms with E-state index < -0.39 is 12.1 Å². The average Bonchev–Trinajstić information content (AvgIpc) is 3.31. The summed E-state index contributed by atoms with van der Waals surface area (Å²) < 4.78 is 32.9. The highest BCUT2D eigenvalue weighted by molar-refractivity contribution is 7.22. The Kier molecular flexibility index (Phi) is 8.30. The normalized spacial score (nSPS) is 14.1. The number of alkyl halides is 3. The number of phenolic OH excluding ortho intramolecular Hbond substituents is 1. The van der Waals surface area contributed by atoms with Gasteiger partial charge in [0.05, 0.1) is 15.9 Å². The first kappa shape index (κ1) is 26.4. The van der Waals surface area contributed by atoms with Gasteiger partial charge in [0.25, 0.3) is 0 Å². The summed E-state index contributed by atoms with van der Waals surface area (Å²) in [6.45, 7) is 3.49. The van der Waals surface area contributed by atoms with Crippen LogP contribution < -0.4 is 5.32 Å². The summed E-state index contributed by atoms with van der Waals surface area (Å²) in [7, 11) is 0. The van der Waals surface area contributed by atoms with E-state index in [-0.39, 0.29) is 5.75 Å². The number of halogens is 3. The number of likely N-dealkylation sites (tertiary alicyclic amines) is 1. The number of fused-ring (bicyclic) bond motifs is 1. The Morgan fingerprint density at radius 2 is 1.73 bits per heavy atom. The number of thiophene rings is 1. The number of carboxylic acids is 1. The van der Waals surface area contributed by atoms with Gasteiger partial charge >= 0.3 is 12.1 Å². The second kappa shape index (κ2) is 11.6. The van der Waals surface area contributed by atoms with E-state index in [0.29, 0.717) is 0 Å². The van der Waals surface area contributed by atoms with Crippen LogP contribution in [0.2, 0.25) is 0 Å². The Bertz CT molecular complexity index is 1350. The molecule has 0 radical (unpaired) electrons. The largest absolute Gasteiger partial charge is 0.508 e. The molecule has 0 atom stereocenters. The quantitative estimate of drug-likeness (QED) is 0.257. The monoisotopic (exact) mass is 529 g/mol. The van der Waals surface area contributed by atoms with Crippen LogP contribution in [-0.2, 0) is 11.3 Å². The summed E-state index contributed by atoms with van der Waals surface area (Å²) in [6, 6.07) is 20.3. The molecule has 4 aromatic rings. The van der Waals surface area contributed by atoms with Gasteiger partial charge in [-0.05, 0) is 61.3 Å². The third-order valence-corrected chi connectivity index (χ3v) is 7.08. The zero-order chi connectivity index (χ0) is 26.4. The average molecular weight is 530 g/mol. The smallest absolute Gasteiger partial charge is 0.490 e. The van der Waals surface area contributed by atoms with Gasteiger partial charge in [-0.3, -0.25) is 9.88 Å². The second-order valence-electron chi connectivity index (χ2n) is 8.70. The van der Waals surface area contributed by atoms with Crippen molar-refractivity contribution in [2.24, 2.45) is 0 Å². The van der Waals surface area contributed by atoms with Gasteiger partial charge in [-0.15, -0.1) is 11.3 Å². The van der Waals surface area contributed by atoms with E-state index in [1.54, 1.807) is 23.5 Å². The molecule has 1 aliphatic rings. The fraction of sp³-hybridized carbons (Fsp3) is 0.259. The van der Waals surface area contributed by atoms with Crippen molar-refractivity contribution in [3.05, 3.63) is 72.4 Å². The van der Waals surface area contributed by atoms with Crippen LogP contribution in [0.4, 0.5) is 24.5 Å². The molecule has 2 aromatic carbocycles. The van der Waals surface area contributed by atoms with Gasteiger partial charge in [0, 0.05) is 29.4 Å². The third-order valence-electron chi connectivity index (χ3n) is 5.87. The van der Waals surface area contributed by atoms with Crippen molar-refractivity contribution >= 4 is 38.9 Å². The highest BCUT2D eigenvalue weighted by Crippen LogP contribution is 2.37. The highest BCUT2D eigenvalue weighted by Gasteiger charge is 2.38. The molecule has 1 saturated heterocycles. The lowest BCUT2D eigenvalue weighted by Crippen LogP contribution is -2.28. The van der Waals surface area contributed by atoms with E-state index in [1.165, 1.54) is 48.4 Å². The van der Waals surface area contributed by atoms with Crippen molar-refractivity contribution in [3.8, 4) is 16.2 Å². The van der Waals surface area contributed by atoms with Gasteiger partial charge in [-0.1, -0.05) is 36.8 Å². The number of piperidine rings is 1. The number of carbonyl (C=O) groups is 1. The SMILES string of the molecule is O=C(O)C(F)(F)F.Oc1cccc(Nc2ccnc3cc(-c4ccc(CN5CCCCC5)cc4)sc23)c1. The summed E-state index contributed by atoms with van der Waals surface area (Å²) in [4.78, 5) is 17.2. The van der Waals surface area contributed by atoms with E-state index in [1.807, 2.05) is 24.4 Å². The van der Waals surface area contributed by atoms with Gasteiger partial charge in [0.15, 0.2) is 0 Å². The molecule has 6 nitrogen and oxygen atoms in total. The minimum atomic E-state index is -5.08. The fourth-order valence-electron chi connectivity index (χ4n) is 4.07. The molecule has 0 aliphatic carbocycles. The minimum absolute atomic E-state index is 0.252. The Morgan fingerprint density at radius 3 is 2.38 bits per heavy atom. The molecule has 194 valence electrons. The van der Waals surface area contributed by atoms with Gasteiger partial charge in [-0.2, -0.15) is 13.2 Å². The van der Waals surface area contributed by atoms with Crippen LogP contribution in [0.15, 0.2) is 66.9 Å². The van der Waals surface area contributed by atoms with E-state index in [4.69, 9.17) is 9.90 Å². The van der Waals surface area contributed by atoms with Crippen molar-refractivity contribution in [1.82, 2.24) is 9.88 Å². The molecule has 3 heterocycles. The number of hydrogen-bond donors (Lipinski definition) is 3. The number of hydrogen-bond acceptors (Lipinski definition) is 6. The molecule has 0 saturated carbocycles. The van der Waals surface area contributed by atoms with Gasteiger partial charge in [0.2, 0.25) is 0 Å². The van der Waals surface area contributed by atoms with Crippen molar-refractivity contribution in [1.29, 1.82) is 0 Å². The summed E-state index contributed by atoms with van der Waals surface area (Å²) in [5, 5.41) is 20.3.